The summed E-state index contributed by atoms with van der Waals surface area (Å²) in [5, 5.41) is 4.71. The molecule has 37 heavy (non-hydrogen) atoms. The average molecular weight is 504 g/mol. The van der Waals surface area contributed by atoms with Crippen LogP contribution in [0.4, 0.5) is 0 Å². The van der Waals surface area contributed by atoms with Crippen LogP contribution in [0.2, 0.25) is 0 Å². The largest absolute Gasteiger partial charge is 0.497 e. The maximum atomic E-state index is 13.3. The van der Waals surface area contributed by atoms with E-state index in [1.807, 2.05) is 36.4 Å². The summed E-state index contributed by atoms with van der Waals surface area (Å²) in [6.45, 7) is 0.308. The molecule has 0 bridgehead atoms. The van der Waals surface area contributed by atoms with E-state index in [2.05, 4.69) is 0 Å². The first kappa shape index (κ1) is 24.6. The van der Waals surface area contributed by atoms with Crippen molar-refractivity contribution in [2.75, 3.05) is 35.5 Å². The van der Waals surface area contributed by atoms with Crippen LogP contribution in [0.3, 0.4) is 0 Å². The van der Waals surface area contributed by atoms with Crippen molar-refractivity contribution in [2.24, 2.45) is 0 Å². The molecular formula is C28H29N3O6. The normalized spacial score (nSPS) is 14.9. The Labute approximate surface area is 214 Å². The van der Waals surface area contributed by atoms with Crippen LogP contribution in [0.1, 0.15) is 39.6 Å². The van der Waals surface area contributed by atoms with Gasteiger partial charge in [0.15, 0.2) is 22.9 Å². The first-order chi connectivity index (χ1) is 18.0. The number of aromatic nitrogens is 3. The van der Waals surface area contributed by atoms with Crippen molar-refractivity contribution < 1.29 is 28.5 Å². The van der Waals surface area contributed by atoms with Gasteiger partial charge >= 0.3 is 0 Å². The van der Waals surface area contributed by atoms with Gasteiger partial charge in [-0.05, 0) is 47.7 Å². The number of methoxy groups -OCH3 is 5. The molecule has 1 aliphatic carbocycles. The van der Waals surface area contributed by atoms with Gasteiger partial charge in [0.05, 0.1) is 57.6 Å². The molecule has 0 spiro atoms. The topological polar surface area (TPSA) is 93.4 Å². The number of hydrogen-bond acceptors (Lipinski definition) is 8. The second-order valence-electron chi connectivity index (χ2n) is 8.84. The van der Waals surface area contributed by atoms with Gasteiger partial charge in [0.1, 0.15) is 5.75 Å². The van der Waals surface area contributed by atoms with Crippen LogP contribution < -0.4 is 18.9 Å². The Balaban J connectivity index is 1.62. The molecule has 2 heterocycles. The van der Waals surface area contributed by atoms with Crippen LogP contribution in [0.15, 0.2) is 42.6 Å². The van der Waals surface area contributed by atoms with Gasteiger partial charge in [-0.2, -0.15) is 5.10 Å². The molecule has 0 N–H and O–H groups in total. The summed E-state index contributed by atoms with van der Waals surface area (Å²) in [7, 11) is 7.99. The molecule has 0 radical (unpaired) electrons. The van der Waals surface area contributed by atoms with Gasteiger partial charge in [0.2, 0.25) is 5.75 Å². The highest BCUT2D eigenvalue weighted by Gasteiger charge is 2.31. The van der Waals surface area contributed by atoms with E-state index >= 15 is 0 Å². The molecule has 192 valence electrons. The lowest BCUT2D eigenvalue weighted by Gasteiger charge is -2.24. The standard InChI is InChI=1S/C28H29N3O6/c1-33-15-22-26(16-7-6-8-19(9-16)34-2)28-29-21-10-17(11-23(32)20(21)14-31(28)30-22)18-12-24(35-3)27(37-5)25(13-18)36-4/h6-9,12-14,17H,10-11,15H2,1-5H3. The fraction of sp³-hybridized carbons (Fsp3) is 0.321. The second kappa shape index (κ2) is 10.1. The first-order valence-electron chi connectivity index (χ1n) is 11.9. The minimum Gasteiger partial charge on any atom is -0.497 e. The van der Waals surface area contributed by atoms with Crippen molar-refractivity contribution in [1.29, 1.82) is 0 Å². The maximum absolute atomic E-state index is 13.3. The Hall–Kier alpha value is -4.11. The van der Waals surface area contributed by atoms with Crippen molar-refractivity contribution >= 4 is 11.4 Å². The highest BCUT2D eigenvalue weighted by Crippen LogP contribution is 2.43. The molecular weight excluding hydrogens is 474 g/mol. The Bertz CT molecular complexity index is 1450. The summed E-state index contributed by atoms with van der Waals surface area (Å²) in [5.74, 6) is 2.28. The second-order valence-corrected chi connectivity index (χ2v) is 8.84. The molecule has 1 unspecified atom stereocenters. The predicted molar refractivity (Wildman–Crippen MR) is 137 cm³/mol. The third-order valence-corrected chi connectivity index (χ3v) is 6.73. The van der Waals surface area contributed by atoms with Crippen molar-refractivity contribution in [3.63, 3.8) is 0 Å². The third kappa shape index (κ3) is 4.35. The van der Waals surface area contributed by atoms with Crippen LogP contribution in [-0.4, -0.2) is 55.9 Å². The molecule has 9 nitrogen and oxygen atoms in total. The van der Waals surface area contributed by atoms with Crippen molar-refractivity contribution in [2.45, 2.75) is 25.4 Å². The number of fused-ring (bicyclic) bond motifs is 2. The van der Waals surface area contributed by atoms with E-state index in [4.69, 9.17) is 33.8 Å². The summed E-state index contributed by atoms with van der Waals surface area (Å²) in [6, 6.07) is 11.6. The summed E-state index contributed by atoms with van der Waals surface area (Å²) in [6.07, 6.45) is 2.71. The van der Waals surface area contributed by atoms with Crippen molar-refractivity contribution in [3.8, 4) is 34.1 Å². The predicted octanol–water partition coefficient (Wildman–Crippen LogP) is 4.49. The van der Waals surface area contributed by atoms with Gasteiger partial charge in [0, 0.05) is 19.7 Å². The summed E-state index contributed by atoms with van der Waals surface area (Å²) < 4.78 is 29.1. The number of rotatable bonds is 8. The zero-order valence-corrected chi connectivity index (χ0v) is 21.5. The average Bonchev–Trinajstić information content (AvgIpc) is 3.28. The summed E-state index contributed by atoms with van der Waals surface area (Å²) >= 11 is 0. The van der Waals surface area contributed by atoms with E-state index in [1.54, 1.807) is 46.3 Å². The van der Waals surface area contributed by atoms with Crippen molar-refractivity contribution in [1.82, 2.24) is 14.6 Å². The van der Waals surface area contributed by atoms with Crippen LogP contribution >= 0.6 is 0 Å². The van der Waals surface area contributed by atoms with Gasteiger partial charge < -0.3 is 23.7 Å². The molecule has 0 aliphatic heterocycles. The van der Waals surface area contributed by atoms with E-state index in [-0.39, 0.29) is 11.7 Å². The minimum absolute atomic E-state index is 0.0149. The highest BCUT2D eigenvalue weighted by atomic mass is 16.5. The molecule has 0 fully saturated rings. The Morgan fingerprint density at radius 3 is 2.35 bits per heavy atom. The number of ether oxygens (including phenoxy) is 5. The first-order valence-corrected chi connectivity index (χ1v) is 11.9. The minimum atomic E-state index is -0.0923. The zero-order valence-electron chi connectivity index (χ0n) is 21.5. The van der Waals surface area contributed by atoms with E-state index in [0.29, 0.717) is 47.9 Å². The van der Waals surface area contributed by atoms with Gasteiger partial charge in [-0.15, -0.1) is 0 Å². The molecule has 2 aromatic carbocycles. The number of carbonyl (C=O) groups is 1. The van der Waals surface area contributed by atoms with Crippen LogP contribution in [0.5, 0.6) is 23.0 Å². The lowest BCUT2D eigenvalue weighted by Crippen LogP contribution is -2.21. The molecule has 9 heteroatoms. The SMILES string of the molecule is COCc1nn2cc3c(nc2c1-c1cccc(OC)c1)CC(c1cc(OC)c(OC)c(OC)c1)CC3=O. The monoisotopic (exact) mass is 503 g/mol. The Kier molecular flexibility index (Phi) is 6.71. The quantitative estimate of drug-likeness (QED) is 0.347. The molecule has 0 saturated heterocycles. The van der Waals surface area contributed by atoms with E-state index < -0.39 is 0 Å². The molecule has 4 aromatic rings. The van der Waals surface area contributed by atoms with Gasteiger partial charge in [-0.1, -0.05) is 12.1 Å². The van der Waals surface area contributed by atoms with E-state index in [1.165, 1.54) is 0 Å². The van der Waals surface area contributed by atoms with Crippen LogP contribution in [-0.2, 0) is 17.8 Å². The molecule has 2 aromatic heterocycles. The van der Waals surface area contributed by atoms with Crippen molar-refractivity contribution in [3.05, 3.63) is 65.1 Å². The molecule has 5 rings (SSSR count). The summed E-state index contributed by atoms with van der Waals surface area (Å²) in [4.78, 5) is 18.3. The van der Waals surface area contributed by atoms with Gasteiger partial charge in [-0.3, -0.25) is 4.79 Å². The lowest BCUT2D eigenvalue weighted by molar-refractivity contribution is 0.0962. The fourth-order valence-corrected chi connectivity index (χ4v) is 4.97. The summed E-state index contributed by atoms with van der Waals surface area (Å²) in [5.41, 5.74) is 5.41. The number of nitrogens with zero attached hydrogens (tertiary/aromatic N) is 3. The van der Waals surface area contributed by atoms with E-state index in [9.17, 15) is 4.79 Å². The molecule has 1 atom stereocenters. The lowest BCUT2D eigenvalue weighted by atomic mass is 9.82. The number of ketones is 1. The van der Waals surface area contributed by atoms with E-state index in [0.717, 1.165) is 33.8 Å². The number of carbonyl (C=O) groups excluding carboxylic acids is 1. The smallest absolute Gasteiger partial charge is 0.203 e. The third-order valence-electron chi connectivity index (χ3n) is 6.73. The number of Topliss-reactive ketones (excluding diaryl/α,β-unsaturated/α-hetero) is 1. The zero-order chi connectivity index (χ0) is 26.1. The molecule has 1 aliphatic rings. The fourth-order valence-electron chi connectivity index (χ4n) is 4.97. The Morgan fingerprint density at radius 2 is 1.70 bits per heavy atom. The molecule has 0 saturated carbocycles. The molecule has 0 amide bonds. The maximum Gasteiger partial charge on any atom is 0.203 e. The van der Waals surface area contributed by atoms with Gasteiger partial charge in [-0.25, -0.2) is 9.50 Å². The van der Waals surface area contributed by atoms with Crippen LogP contribution in [0.25, 0.3) is 16.8 Å². The number of benzene rings is 2. The number of hydrogen-bond donors (Lipinski definition) is 0. The highest BCUT2D eigenvalue weighted by molar-refractivity contribution is 5.99. The van der Waals surface area contributed by atoms with Gasteiger partial charge in [0.25, 0.3) is 0 Å². The van der Waals surface area contributed by atoms with Crippen LogP contribution in [0, 0.1) is 0 Å². The Morgan fingerprint density at radius 1 is 0.946 bits per heavy atom.